The van der Waals surface area contributed by atoms with Crippen molar-refractivity contribution in [1.29, 1.82) is 0 Å². The van der Waals surface area contributed by atoms with E-state index < -0.39 is 0 Å². The first-order valence-electron chi connectivity index (χ1n) is 7.35. The van der Waals surface area contributed by atoms with Gasteiger partial charge in [0.1, 0.15) is 0 Å². The van der Waals surface area contributed by atoms with E-state index in [1.165, 1.54) is 0 Å². The van der Waals surface area contributed by atoms with Crippen LogP contribution in [0.4, 0.5) is 5.69 Å². The molecule has 1 aromatic carbocycles. The lowest BCUT2D eigenvalue weighted by Gasteiger charge is -2.22. The molecule has 2 heterocycles. The number of piperidine rings is 1. The summed E-state index contributed by atoms with van der Waals surface area (Å²) >= 11 is 1.60. The van der Waals surface area contributed by atoms with E-state index in [0.717, 1.165) is 36.5 Å². The van der Waals surface area contributed by atoms with Crippen LogP contribution in [0.5, 0.6) is 0 Å². The summed E-state index contributed by atoms with van der Waals surface area (Å²) < 4.78 is 1.82. The van der Waals surface area contributed by atoms with Gasteiger partial charge < -0.3 is 10.6 Å². The van der Waals surface area contributed by atoms with Crippen LogP contribution >= 0.6 is 24.2 Å². The zero-order valence-corrected chi connectivity index (χ0v) is 14.5. The highest BCUT2D eigenvalue weighted by molar-refractivity contribution is 7.98. The van der Waals surface area contributed by atoms with E-state index in [0.29, 0.717) is 11.7 Å². The molecule has 0 spiro atoms. The number of amides is 1. The van der Waals surface area contributed by atoms with Crippen molar-refractivity contribution in [2.75, 3.05) is 24.7 Å². The molecule has 1 aliphatic heterocycles. The average Bonchev–Trinajstić information content (AvgIpc) is 3.06. The zero-order chi connectivity index (χ0) is 15.4. The van der Waals surface area contributed by atoms with Crippen molar-refractivity contribution in [1.82, 2.24) is 20.3 Å². The van der Waals surface area contributed by atoms with Crippen molar-refractivity contribution < 1.29 is 4.79 Å². The summed E-state index contributed by atoms with van der Waals surface area (Å²) in [5.41, 5.74) is 1.16. The molecule has 0 aliphatic carbocycles. The highest BCUT2D eigenvalue weighted by atomic mass is 35.5. The standard InChI is InChI=1S/C15H19N5OS.ClH/c1-22-14-5-3-2-4-12(14)17-15(21)13-10-20(19-18-13)11-6-8-16-9-7-11;/h2-5,10-11,16H,6-9H2,1H3,(H,17,21);1H. The van der Waals surface area contributed by atoms with Crippen LogP contribution in [0.15, 0.2) is 35.4 Å². The van der Waals surface area contributed by atoms with Crippen LogP contribution in [0, 0.1) is 0 Å². The Labute approximate surface area is 145 Å². The molecule has 6 nitrogen and oxygen atoms in total. The average molecular weight is 354 g/mol. The smallest absolute Gasteiger partial charge is 0.277 e. The summed E-state index contributed by atoms with van der Waals surface area (Å²) in [6.45, 7) is 1.96. The quantitative estimate of drug-likeness (QED) is 0.827. The van der Waals surface area contributed by atoms with Gasteiger partial charge >= 0.3 is 0 Å². The SMILES string of the molecule is CSc1ccccc1NC(=O)c1cn(C2CCNCC2)nn1.Cl. The Kier molecular flexibility index (Phi) is 6.44. The van der Waals surface area contributed by atoms with E-state index in [1.54, 1.807) is 18.0 Å². The second-order valence-corrected chi connectivity index (χ2v) is 6.07. The molecule has 0 bridgehead atoms. The topological polar surface area (TPSA) is 71.8 Å². The first-order chi connectivity index (χ1) is 10.8. The lowest BCUT2D eigenvalue weighted by molar-refractivity contribution is 0.102. The molecule has 8 heteroatoms. The van der Waals surface area contributed by atoms with Gasteiger partial charge in [-0.1, -0.05) is 17.3 Å². The fraction of sp³-hybridized carbons (Fsp3) is 0.400. The van der Waals surface area contributed by atoms with Gasteiger partial charge in [0.2, 0.25) is 0 Å². The first kappa shape index (κ1) is 17.8. The maximum atomic E-state index is 12.3. The Morgan fingerprint density at radius 1 is 1.35 bits per heavy atom. The summed E-state index contributed by atoms with van der Waals surface area (Å²) in [5.74, 6) is -0.221. The summed E-state index contributed by atoms with van der Waals surface area (Å²) in [7, 11) is 0. The van der Waals surface area contributed by atoms with Gasteiger partial charge in [-0.25, -0.2) is 4.68 Å². The van der Waals surface area contributed by atoms with Gasteiger partial charge in [0, 0.05) is 4.90 Å². The number of hydrogen-bond acceptors (Lipinski definition) is 5. The molecule has 3 rings (SSSR count). The van der Waals surface area contributed by atoms with E-state index in [4.69, 9.17) is 0 Å². The van der Waals surface area contributed by atoms with Crippen molar-refractivity contribution in [3.63, 3.8) is 0 Å². The number of hydrogen-bond donors (Lipinski definition) is 2. The van der Waals surface area contributed by atoms with Gasteiger partial charge in [-0.3, -0.25) is 4.79 Å². The fourth-order valence-electron chi connectivity index (χ4n) is 2.56. The predicted octanol–water partition coefficient (Wildman–Crippen LogP) is 2.60. The van der Waals surface area contributed by atoms with Gasteiger partial charge in [-0.05, 0) is 44.3 Å². The molecule has 0 unspecified atom stereocenters. The van der Waals surface area contributed by atoms with Gasteiger partial charge in [0.15, 0.2) is 5.69 Å². The van der Waals surface area contributed by atoms with Gasteiger partial charge in [0.05, 0.1) is 17.9 Å². The molecule has 0 radical (unpaired) electrons. The molecule has 2 N–H and O–H groups in total. The number of aromatic nitrogens is 3. The Bertz CT molecular complexity index is 657. The van der Waals surface area contributed by atoms with Crippen LogP contribution in [-0.4, -0.2) is 40.2 Å². The number of halogens is 1. The number of rotatable bonds is 4. The van der Waals surface area contributed by atoms with Crippen LogP contribution in [-0.2, 0) is 0 Å². The molecule has 1 aromatic heterocycles. The van der Waals surface area contributed by atoms with Crippen LogP contribution < -0.4 is 10.6 Å². The largest absolute Gasteiger partial charge is 0.320 e. The number of thioether (sulfide) groups is 1. The Balaban J connectivity index is 0.00000192. The fourth-order valence-corrected chi connectivity index (χ4v) is 3.12. The Morgan fingerprint density at radius 3 is 2.83 bits per heavy atom. The number of nitrogens with one attached hydrogen (secondary N) is 2. The highest BCUT2D eigenvalue weighted by Gasteiger charge is 2.19. The molecule has 23 heavy (non-hydrogen) atoms. The van der Waals surface area contributed by atoms with E-state index in [2.05, 4.69) is 20.9 Å². The van der Waals surface area contributed by atoms with E-state index in [-0.39, 0.29) is 18.3 Å². The number of benzene rings is 1. The molecule has 1 amide bonds. The van der Waals surface area contributed by atoms with Crippen molar-refractivity contribution in [2.45, 2.75) is 23.8 Å². The van der Waals surface area contributed by atoms with Crippen LogP contribution in [0.3, 0.4) is 0 Å². The zero-order valence-electron chi connectivity index (χ0n) is 12.9. The third-order valence-electron chi connectivity index (χ3n) is 3.78. The number of para-hydroxylation sites is 1. The van der Waals surface area contributed by atoms with Crippen molar-refractivity contribution >= 4 is 35.8 Å². The predicted molar refractivity (Wildman–Crippen MR) is 94.6 cm³/mol. The van der Waals surface area contributed by atoms with Crippen LogP contribution in [0.1, 0.15) is 29.4 Å². The Hall–Kier alpha value is -1.57. The molecule has 0 atom stereocenters. The molecule has 1 aliphatic rings. The first-order valence-corrected chi connectivity index (χ1v) is 8.57. The molecular weight excluding hydrogens is 334 g/mol. The van der Waals surface area contributed by atoms with Crippen molar-refractivity contribution in [3.8, 4) is 0 Å². The van der Waals surface area contributed by atoms with E-state index >= 15 is 0 Å². The van der Waals surface area contributed by atoms with Gasteiger partial charge in [-0.2, -0.15) is 0 Å². The lowest BCUT2D eigenvalue weighted by Crippen LogP contribution is -2.29. The van der Waals surface area contributed by atoms with Crippen molar-refractivity contribution in [3.05, 3.63) is 36.2 Å². The summed E-state index contributed by atoms with van der Waals surface area (Å²) in [6, 6.07) is 8.05. The molecule has 0 saturated carbocycles. The van der Waals surface area contributed by atoms with Crippen LogP contribution in [0.25, 0.3) is 0 Å². The second kappa shape index (κ2) is 8.33. The second-order valence-electron chi connectivity index (χ2n) is 5.22. The monoisotopic (exact) mass is 353 g/mol. The minimum absolute atomic E-state index is 0. The van der Waals surface area contributed by atoms with Crippen molar-refractivity contribution in [2.24, 2.45) is 0 Å². The number of nitrogens with zero attached hydrogens (tertiary/aromatic N) is 3. The minimum atomic E-state index is -0.221. The molecule has 1 saturated heterocycles. The maximum absolute atomic E-state index is 12.3. The van der Waals surface area contributed by atoms with E-state index in [9.17, 15) is 4.79 Å². The Morgan fingerprint density at radius 2 is 2.09 bits per heavy atom. The number of anilines is 1. The number of carbonyl (C=O) groups excluding carboxylic acids is 1. The number of carbonyl (C=O) groups is 1. The minimum Gasteiger partial charge on any atom is -0.320 e. The normalized spacial score (nSPS) is 15.0. The summed E-state index contributed by atoms with van der Waals surface area (Å²) in [4.78, 5) is 13.4. The van der Waals surface area contributed by atoms with Gasteiger partial charge in [0.25, 0.3) is 5.91 Å². The lowest BCUT2D eigenvalue weighted by atomic mass is 10.1. The molecule has 124 valence electrons. The maximum Gasteiger partial charge on any atom is 0.277 e. The highest BCUT2D eigenvalue weighted by Crippen LogP contribution is 2.25. The molecule has 1 fully saturated rings. The molecule has 2 aromatic rings. The summed E-state index contributed by atoms with van der Waals surface area (Å²) in [5, 5.41) is 14.4. The van der Waals surface area contributed by atoms with Crippen LogP contribution in [0.2, 0.25) is 0 Å². The molecular formula is C15H20ClN5OS. The third kappa shape index (κ3) is 4.25. The summed E-state index contributed by atoms with van der Waals surface area (Å²) in [6.07, 6.45) is 5.75. The third-order valence-corrected chi connectivity index (χ3v) is 4.58. The van der Waals surface area contributed by atoms with Gasteiger partial charge in [-0.15, -0.1) is 29.3 Å². The van der Waals surface area contributed by atoms with E-state index in [1.807, 2.05) is 35.2 Å².